The third-order valence-electron chi connectivity index (χ3n) is 4.70. The van der Waals surface area contributed by atoms with E-state index in [-0.39, 0.29) is 0 Å². The molecule has 118 valence electrons. The Bertz CT molecular complexity index is 1040. The van der Waals surface area contributed by atoms with Gasteiger partial charge in [0.25, 0.3) is 0 Å². The summed E-state index contributed by atoms with van der Waals surface area (Å²) in [6.45, 7) is 4.37. The van der Waals surface area contributed by atoms with Crippen LogP contribution in [-0.2, 0) is 0 Å². The van der Waals surface area contributed by atoms with Crippen molar-refractivity contribution in [1.29, 1.82) is 0 Å². The second-order valence-electron chi connectivity index (χ2n) is 6.38. The van der Waals surface area contributed by atoms with Gasteiger partial charge in [-0.1, -0.05) is 54.1 Å². The van der Waals surface area contributed by atoms with E-state index in [1.807, 2.05) is 12.1 Å². The van der Waals surface area contributed by atoms with E-state index in [1.165, 1.54) is 43.8 Å². The lowest BCUT2D eigenvalue weighted by molar-refractivity contribution is 0.415. The minimum absolute atomic E-state index is 0.886. The average Bonchev–Trinajstić information content (AvgIpc) is 2.61. The van der Waals surface area contributed by atoms with Crippen LogP contribution in [0.25, 0.3) is 32.7 Å². The second-order valence-corrected chi connectivity index (χ2v) is 6.38. The van der Waals surface area contributed by atoms with E-state index in [4.69, 9.17) is 4.74 Å². The van der Waals surface area contributed by atoms with Crippen molar-refractivity contribution in [3.63, 3.8) is 0 Å². The molecular weight excluding hydrogens is 292 g/mol. The standard InChI is InChI=1S/C23H20O/c1-15-12-16(2)23-21(17-8-10-19(24-3)11-9-17)14-18-6-4-5-7-20(18)22(23)13-15/h4-14H,1-3H3. The van der Waals surface area contributed by atoms with Gasteiger partial charge in [0, 0.05) is 0 Å². The second kappa shape index (κ2) is 5.68. The third-order valence-corrected chi connectivity index (χ3v) is 4.70. The molecule has 0 N–H and O–H groups in total. The van der Waals surface area contributed by atoms with Gasteiger partial charge >= 0.3 is 0 Å². The maximum atomic E-state index is 5.30. The molecule has 0 spiro atoms. The zero-order chi connectivity index (χ0) is 16.7. The molecule has 0 aromatic heterocycles. The van der Waals surface area contributed by atoms with Crippen molar-refractivity contribution in [2.75, 3.05) is 7.11 Å². The molecule has 0 atom stereocenters. The largest absolute Gasteiger partial charge is 0.497 e. The zero-order valence-electron chi connectivity index (χ0n) is 14.3. The highest BCUT2D eigenvalue weighted by atomic mass is 16.5. The van der Waals surface area contributed by atoms with Crippen LogP contribution < -0.4 is 4.74 Å². The predicted octanol–water partition coefficient (Wildman–Crippen LogP) is 6.29. The fourth-order valence-electron chi connectivity index (χ4n) is 3.63. The van der Waals surface area contributed by atoms with Crippen LogP contribution in [0.15, 0.2) is 66.7 Å². The molecule has 0 radical (unpaired) electrons. The third kappa shape index (κ3) is 2.33. The normalized spacial score (nSPS) is 11.1. The number of hydrogen-bond donors (Lipinski definition) is 0. The number of hydrogen-bond acceptors (Lipinski definition) is 1. The topological polar surface area (TPSA) is 9.23 Å². The smallest absolute Gasteiger partial charge is 0.118 e. The van der Waals surface area contributed by atoms with E-state index in [1.54, 1.807) is 7.11 Å². The highest BCUT2D eigenvalue weighted by Gasteiger charge is 2.11. The molecule has 0 amide bonds. The summed E-state index contributed by atoms with van der Waals surface area (Å²) in [7, 11) is 1.70. The summed E-state index contributed by atoms with van der Waals surface area (Å²) in [4.78, 5) is 0. The van der Waals surface area contributed by atoms with E-state index < -0.39 is 0 Å². The molecule has 0 aliphatic carbocycles. The molecule has 1 heteroatoms. The van der Waals surface area contributed by atoms with Crippen LogP contribution in [-0.4, -0.2) is 7.11 Å². The SMILES string of the molecule is COc1ccc(-c2cc3ccccc3c3cc(C)cc(C)c23)cc1. The van der Waals surface area contributed by atoms with Crippen molar-refractivity contribution >= 4 is 21.5 Å². The molecule has 4 rings (SSSR count). The molecular formula is C23H20O. The van der Waals surface area contributed by atoms with Crippen molar-refractivity contribution in [3.8, 4) is 16.9 Å². The number of methoxy groups -OCH3 is 1. The van der Waals surface area contributed by atoms with E-state index in [9.17, 15) is 0 Å². The van der Waals surface area contributed by atoms with Crippen LogP contribution in [0.1, 0.15) is 11.1 Å². The van der Waals surface area contributed by atoms with Gasteiger partial charge in [0.2, 0.25) is 0 Å². The summed E-state index contributed by atoms with van der Waals surface area (Å²) in [6.07, 6.45) is 0. The molecule has 0 unspecified atom stereocenters. The molecule has 0 saturated carbocycles. The van der Waals surface area contributed by atoms with Crippen molar-refractivity contribution in [1.82, 2.24) is 0 Å². The van der Waals surface area contributed by atoms with Crippen LogP contribution in [0.5, 0.6) is 5.75 Å². The lowest BCUT2D eigenvalue weighted by Crippen LogP contribution is -1.89. The van der Waals surface area contributed by atoms with Crippen LogP contribution in [0.2, 0.25) is 0 Å². The lowest BCUT2D eigenvalue weighted by atomic mass is 9.90. The van der Waals surface area contributed by atoms with Crippen molar-refractivity contribution in [2.24, 2.45) is 0 Å². The molecule has 4 aromatic carbocycles. The summed E-state index contributed by atoms with van der Waals surface area (Å²) in [5, 5.41) is 5.26. The molecule has 0 fully saturated rings. The number of benzene rings is 4. The maximum Gasteiger partial charge on any atom is 0.118 e. The Morgan fingerprint density at radius 1 is 0.750 bits per heavy atom. The van der Waals surface area contributed by atoms with Gasteiger partial charge in [0.05, 0.1) is 7.11 Å². The van der Waals surface area contributed by atoms with Gasteiger partial charge in [-0.3, -0.25) is 0 Å². The van der Waals surface area contributed by atoms with Crippen molar-refractivity contribution in [3.05, 3.63) is 77.9 Å². The summed E-state index contributed by atoms with van der Waals surface area (Å²) in [6, 6.07) is 23.8. The first-order chi connectivity index (χ1) is 11.7. The summed E-state index contributed by atoms with van der Waals surface area (Å²) >= 11 is 0. The Kier molecular flexibility index (Phi) is 3.50. The first-order valence-corrected chi connectivity index (χ1v) is 8.24. The van der Waals surface area contributed by atoms with Gasteiger partial charge in [0.15, 0.2) is 0 Å². The van der Waals surface area contributed by atoms with Crippen molar-refractivity contribution < 1.29 is 4.74 Å². The zero-order valence-corrected chi connectivity index (χ0v) is 14.3. The highest BCUT2D eigenvalue weighted by Crippen LogP contribution is 2.37. The molecule has 0 heterocycles. The maximum absolute atomic E-state index is 5.30. The van der Waals surface area contributed by atoms with E-state index in [2.05, 4.69) is 68.4 Å². The van der Waals surface area contributed by atoms with Crippen molar-refractivity contribution in [2.45, 2.75) is 13.8 Å². The Labute approximate surface area is 142 Å². The predicted molar refractivity (Wildman–Crippen MR) is 103 cm³/mol. The fourth-order valence-corrected chi connectivity index (χ4v) is 3.63. The van der Waals surface area contributed by atoms with Crippen LogP contribution >= 0.6 is 0 Å². The minimum Gasteiger partial charge on any atom is -0.497 e. The quantitative estimate of drug-likeness (QED) is 0.395. The first-order valence-electron chi connectivity index (χ1n) is 8.24. The van der Waals surface area contributed by atoms with Crippen LogP contribution in [0.3, 0.4) is 0 Å². The van der Waals surface area contributed by atoms with Gasteiger partial charge in [-0.05, 0) is 70.3 Å². The Hall–Kier alpha value is -2.80. The van der Waals surface area contributed by atoms with E-state index >= 15 is 0 Å². The van der Waals surface area contributed by atoms with Gasteiger partial charge < -0.3 is 4.74 Å². The number of fused-ring (bicyclic) bond motifs is 3. The van der Waals surface area contributed by atoms with Crippen LogP contribution in [0, 0.1) is 13.8 Å². The van der Waals surface area contributed by atoms with Gasteiger partial charge in [0.1, 0.15) is 5.75 Å². The van der Waals surface area contributed by atoms with Gasteiger partial charge in [-0.25, -0.2) is 0 Å². The number of aryl methyl sites for hydroxylation is 2. The molecule has 0 saturated heterocycles. The van der Waals surface area contributed by atoms with Gasteiger partial charge in [-0.2, -0.15) is 0 Å². The molecule has 0 bridgehead atoms. The minimum atomic E-state index is 0.886. The van der Waals surface area contributed by atoms with Gasteiger partial charge in [-0.15, -0.1) is 0 Å². The Morgan fingerprint density at radius 3 is 2.25 bits per heavy atom. The lowest BCUT2D eigenvalue weighted by Gasteiger charge is -2.14. The number of ether oxygens (including phenoxy) is 1. The molecule has 0 aliphatic rings. The molecule has 0 aliphatic heterocycles. The fraction of sp³-hybridized carbons (Fsp3) is 0.130. The summed E-state index contributed by atoms with van der Waals surface area (Å²) in [5.41, 5.74) is 5.13. The Morgan fingerprint density at radius 2 is 1.50 bits per heavy atom. The Balaban J connectivity index is 2.12. The number of rotatable bonds is 2. The summed E-state index contributed by atoms with van der Waals surface area (Å²) in [5.74, 6) is 0.886. The highest BCUT2D eigenvalue weighted by molar-refractivity contribution is 6.15. The van der Waals surface area contributed by atoms with E-state index in [0.29, 0.717) is 0 Å². The monoisotopic (exact) mass is 312 g/mol. The summed E-state index contributed by atoms with van der Waals surface area (Å²) < 4.78 is 5.30. The molecule has 1 nitrogen and oxygen atoms in total. The molecule has 24 heavy (non-hydrogen) atoms. The average molecular weight is 312 g/mol. The van der Waals surface area contributed by atoms with E-state index in [0.717, 1.165) is 5.75 Å². The molecule has 4 aromatic rings. The van der Waals surface area contributed by atoms with Crippen LogP contribution in [0.4, 0.5) is 0 Å². The first kappa shape index (κ1) is 14.8.